The Bertz CT molecular complexity index is 296. The molecule has 1 aromatic rings. The molecule has 0 aliphatic heterocycles. The van der Waals surface area contributed by atoms with Gasteiger partial charge in [-0.1, -0.05) is 19.8 Å². The fraction of sp³-hybridized carbons (Fsp3) is 0.600. The van der Waals surface area contributed by atoms with Crippen molar-refractivity contribution in [3.63, 3.8) is 0 Å². The van der Waals surface area contributed by atoms with Gasteiger partial charge in [-0.05, 0) is 13.3 Å². The first-order valence-electron chi connectivity index (χ1n) is 4.94. The zero-order valence-corrected chi connectivity index (χ0v) is 9.49. The predicted molar refractivity (Wildman–Crippen MR) is 58.7 cm³/mol. The van der Waals surface area contributed by atoms with Gasteiger partial charge in [0.05, 0.1) is 0 Å². The van der Waals surface area contributed by atoms with Gasteiger partial charge in [0.1, 0.15) is 0 Å². The van der Waals surface area contributed by atoms with Gasteiger partial charge in [-0.25, -0.2) is 4.98 Å². The third-order valence-corrected chi connectivity index (χ3v) is 2.84. The molecule has 0 saturated heterocycles. The number of nitrogens with zero attached hydrogens (tertiary/aromatic N) is 1. The molecule has 0 atom stereocenters. The van der Waals surface area contributed by atoms with E-state index in [9.17, 15) is 4.79 Å². The minimum absolute atomic E-state index is 0.0424. The molecule has 1 N–H and O–H groups in total. The molecule has 0 spiro atoms. The van der Waals surface area contributed by atoms with Crippen molar-refractivity contribution in [3.05, 3.63) is 16.1 Å². The van der Waals surface area contributed by atoms with Gasteiger partial charge < -0.3 is 5.32 Å². The summed E-state index contributed by atoms with van der Waals surface area (Å²) in [5, 5.41) is 5.31. The number of hydrogen-bond donors (Lipinski definition) is 1. The minimum atomic E-state index is -0.0424. The van der Waals surface area contributed by atoms with E-state index in [0.717, 1.165) is 25.1 Å². The molecule has 1 aromatic heterocycles. The second kappa shape index (κ2) is 5.75. The highest BCUT2D eigenvalue weighted by atomic mass is 32.1. The Labute approximate surface area is 88.6 Å². The van der Waals surface area contributed by atoms with E-state index in [1.807, 2.05) is 12.3 Å². The average Bonchev–Trinajstić information content (AvgIpc) is 2.59. The zero-order chi connectivity index (χ0) is 10.4. The molecule has 0 aliphatic carbocycles. The molecule has 0 aromatic carbocycles. The highest BCUT2D eigenvalue weighted by Crippen LogP contribution is 2.07. The monoisotopic (exact) mass is 212 g/mol. The van der Waals surface area contributed by atoms with Crippen molar-refractivity contribution in [3.8, 4) is 0 Å². The first-order valence-corrected chi connectivity index (χ1v) is 5.82. The van der Waals surface area contributed by atoms with E-state index in [4.69, 9.17) is 0 Å². The van der Waals surface area contributed by atoms with Crippen LogP contribution in [0.2, 0.25) is 0 Å². The Morgan fingerprint density at radius 1 is 1.57 bits per heavy atom. The molecular formula is C10H16N2OS. The van der Waals surface area contributed by atoms with Crippen molar-refractivity contribution in [2.75, 3.05) is 6.54 Å². The fourth-order valence-corrected chi connectivity index (χ4v) is 1.82. The number of carbonyl (C=O) groups is 1. The van der Waals surface area contributed by atoms with Gasteiger partial charge in [-0.15, -0.1) is 11.3 Å². The van der Waals surface area contributed by atoms with Crippen LogP contribution in [-0.4, -0.2) is 17.4 Å². The highest BCUT2D eigenvalue weighted by molar-refractivity contribution is 7.11. The van der Waals surface area contributed by atoms with Crippen LogP contribution >= 0.6 is 11.3 Å². The van der Waals surface area contributed by atoms with E-state index in [1.54, 1.807) is 0 Å². The van der Waals surface area contributed by atoms with Gasteiger partial charge in [0.15, 0.2) is 5.01 Å². The molecule has 1 rings (SSSR count). The van der Waals surface area contributed by atoms with Crippen LogP contribution in [0.15, 0.2) is 5.38 Å². The molecule has 3 nitrogen and oxygen atoms in total. The largest absolute Gasteiger partial charge is 0.350 e. The number of hydrogen-bond acceptors (Lipinski definition) is 3. The molecule has 0 bridgehead atoms. The molecular weight excluding hydrogens is 196 g/mol. The average molecular weight is 212 g/mol. The van der Waals surface area contributed by atoms with Crippen molar-refractivity contribution in [1.29, 1.82) is 0 Å². The first kappa shape index (κ1) is 11.2. The molecule has 14 heavy (non-hydrogen) atoms. The van der Waals surface area contributed by atoms with Crippen LogP contribution < -0.4 is 5.32 Å². The second-order valence-electron chi connectivity index (χ2n) is 3.26. The van der Waals surface area contributed by atoms with Crippen molar-refractivity contribution >= 4 is 17.2 Å². The number of amides is 1. The maximum absolute atomic E-state index is 11.5. The molecule has 1 amide bonds. The number of nitrogens with one attached hydrogen (secondary N) is 1. The van der Waals surface area contributed by atoms with Crippen LogP contribution in [0.4, 0.5) is 0 Å². The van der Waals surface area contributed by atoms with Crippen molar-refractivity contribution in [1.82, 2.24) is 10.3 Å². The zero-order valence-electron chi connectivity index (χ0n) is 8.67. The fourth-order valence-electron chi connectivity index (χ4n) is 1.11. The number of thiazole rings is 1. The first-order chi connectivity index (χ1) is 6.74. The number of aromatic nitrogens is 1. The topological polar surface area (TPSA) is 42.0 Å². The summed E-state index contributed by atoms with van der Waals surface area (Å²) in [6.45, 7) is 4.79. The van der Waals surface area contributed by atoms with Gasteiger partial charge in [-0.2, -0.15) is 0 Å². The van der Waals surface area contributed by atoms with Gasteiger partial charge in [0, 0.05) is 17.6 Å². The lowest BCUT2D eigenvalue weighted by Gasteiger charge is -2.00. The lowest BCUT2D eigenvalue weighted by molar-refractivity contribution is 0.0952. The van der Waals surface area contributed by atoms with E-state index in [-0.39, 0.29) is 5.91 Å². The molecule has 0 unspecified atom stereocenters. The number of aryl methyl sites for hydroxylation is 1. The van der Waals surface area contributed by atoms with E-state index in [0.29, 0.717) is 5.01 Å². The summed E-state index contributed by atoms with van der Waals surface area (Å²) in [6.07, 6.45) is 3.38. The van der Waals surface area contributed by atoms with Crippen LogP contribution in [-0.2, 0) is 0 Å². The summed E-state index contributed by atoms with van der Waals surface area (Å²) in [6, 6.07) is 0. The Morgan fingerprint density at radius 3 is 2.93 bits per heavy atom. The van der Waals surface area contributed by atoms with E-state index < -0.39 is 0 Å². The smallest absolute Gasteiger partial charge is 0.280 e. The van der Waals surface area contributed by atoms with Gasteiger partial charge in [0.25, 0.3) is 5.91 Å². The number of unbranched alkanes of at least 4 members (excludes halogenated alkanes) is 2. The highest BCUT2D eigenvalue weighted by Gasteiger charge is 2.07. The molecule has 0 saturated carbocycles. The number of carbonyl (C=O) groups excluding carboxylic acids is 1. The van der Waals surface area contributed by atoms with Crippen molar-refractivity contribution in [2.45, 2.75) is 33.1 Å². The maximum Gasteiger partial charge on any atom is 0.280 e. The van der Waals surface area contributed by atoms with Crippen LogP contribution in [0.25, 0.3) is 0 Å². The SMILES string of the molecule is CCCCCNC(=O)c1nc(C)cs1. The molecule has 1 heterocycles. The molecule has 0 fully saturated rings. The van der Waals surface area contributed by atoms with E-state index in [2.05, 4.69) is 17.2 Å². The molecule has 0 radical (unpaired) electrons. The van der Waals surface area contributed by atoms with Crippen LogP contribution in [0.5, 0.6) is 0 Å². The summed E-state index contributed by atoms with van der Waals surface area (Å²) >= 11 is 1.40. The van der Waals surface area contributed by atoms with E-state index in [1.165, 1.54) is 17.8 Å². The summed E-state index contributed by atoms with van der Waals surface area (Å²) in [4.78, 5) is 15.6. The summed E-state index contributed by atoms with van der Waals surface area (Å²) in [7, 11) is 0. The van der Waals surface area contributed by atoms with Crippen molar-refractivity contribution in [2.24, 2.45) is 0 Å². The summed E-state index contributed by atoms with van der Waals surface area (Å²) in [5.41, 5.74) is 0.911. The predicted octanol–water partition coefficient (Wildman–Crippen LogP) is 2.37. The molecule has 78 valence electrons. The minimum Gasteiger partial charge on any atom is -0.350 e. The van der Waals surface area contributed by atoms with Gasteiger partial charge in [0.2, 0.25) is 0 Å². The third-order valence-electron chi connectivity index (χ3n) is 1.88. The van der Waals surface area contributed by atoms with Crippen LogP contribution in [0, 0.1) is 6.92 Å². The molecule has 4 heteroatoms. The second-order valence-corrected chi connectivity index (χ2v) is 4.12. The lowest BCUT2D eigenvalue weighted by atomic mass is 10.2. The normalized spacial score (nSPS) is 10.1. The third kappa shape index (κ3) is 3.46. The Kier molecular flexibility index (Phi) is 4.59. The van der Waals surface area contributed by atoms with Crippen LogP contribution in [0.1, 0.15) is 41.7 Å². The molecule has 0 aliphatic rings. The van der Waals surface area contributed by atoms with Crippen molar-refractivity contribution < 1.29 is 4.79 Å². The Balaban J connectivity index is 2.29. The summed E-state index contributed by atoms with van der Waals surface area (Å²) in [5.74, 6) is -0.0424. The van der Waals surface area contributed by atoms with E-state index >= 15 is 0 Å². The maximum atomic E-state index is 11.5. The standard InChI is InChI=1S/C10H16N2OS/c1-3-4-5-6-11-9(13)10-12-8(2)7-14-10/h7H,3-6H2,1-2H3,(H,11,13). The summed E-state index contributed by atoms with van der Waals surface area (Å²) < 4.78 is 0. The number of rotatable bonds is 5. The Morgan fingerprint density at radius 2 is 2.36 bits per heavy atom. The quantitative estimate of drug-likeness (QED) is 0.761. The lowest BCUT2D eigenvalue weighted by Crippen LogP contribution is -2.24. The Hall–Kier alpha value is -0.900. The van der Waals surface area contributed by atoms with Gasteiger partial charge >= 0.3 is 0 Å². The van der Waals surface area contributed by atoms with Crippen LogP contribution in [0.3, 0.4) is 0 Å². The van der Waals surface area contributed by atoms with Gasteiger partial charge in [-0.3, -0.25) is 4.79 Å².